The van der Waals surface area contributed by atoms with Gasteiger partial charge in [-0.05, 0) is 50.1 Å². The lowest BCUT2D eigenvalue weighted by molar-refractivity contribution is -0.385. The van der Waals surface area contributed by atoms with Crippen LogP contribution >= 0.6 is 11.6 Å². The van der Waals surface area contributed by atoms with E-state index < -0.39 is 17.0 Å². The molecule has 1 atom stereocenters. The molecule has 2 aromatic carbocycles. The molecule has 30 heavy (non-hydrogen) atoms. The van der Waals surface area contributed by atoms with Crippen LogP contribution in [0.3, 0.4) is 0 Å². The summed E-state index contributed by atoms with van der Waals surface area (Å²) in [5.74, 6) is -0.797. The predicted octanol–water partition coefficient (Wildman–Crippen LogP) is 3.87. The quantitative estimate of drug-likeness (QED) is 0.380. The molecule has 9 nitrogen and oxygen atoms in total. The van der Waals surface area contributed by atoms with E-state index in [0.717, 1.165) is 12.8 Å². The van der Waals surface area contributed by atoms with E-state index in [9.17, 15) is 19.7 Å². The number of nitrogens with zero attached hydrogens (tertiary/aromatic N) is 1. The standard InChI is InChI=1S/C20H19ClN2O7/c1-11(19(24)22-14-5-6-14)29-20(25)12-3-7-17(18(9-12)28-2)30-16-8-4-13(21)10-15(16)23(26)27/h3-4,7-11,14H,5-6H2,1-2H3,(H,22,24). The second kappa shape index (κ2) is 9.00. The molecule has 3 rings (SSSR count). The Kier molecular flexibility index (Phi) is 6.41. The van der Waals surface area contributed by atoms with Crippen molar-refractivity contribution in [2.24, 2.45) is 0 Å². The highest BCUT2D eigenvalue weighted by molar-refractivity contribution is 6.30. The van der Waals surface area contributed by atoms with Crippen molar-refractivity contribution in [3.05, 3.63) is 57.1 Å². The number of halogens is 1. The maximum Gasteiger partial charge on any atom is 0.339 e. The molecule has 1 fully saturated rings. The monoisotopic (exact) mass is 434 g/mol. The highest BCUT2D eigenvalue weighted by atomic mass is 35.5. The number of hydrogen-bond donors (Lipinski definition) is 1. The summed E-state index contributed by atoms with van der Waals surface area (Å²) in [6.45, 7) is 1.49. The number of rotatable bonds is 8. The highest BCUT2D eigenvalue weighted by Gasteiger charge is 2.27. The Balaban J connectivity index is 1.75. The summed E-state index contributed by atoms with van der Waals surface area (Å²) in [6.07, 6.45) is 0.907. The number of benzene rings is 2. The third-order valence-corrected chi connectivity index (χ3v) is 4.55. The largest absolute Gasteiger partial charge is 0.493 e. The minimum Gasteiger partial charge on any atom is -0.493 e. The van der Waals surface area contributed by atoms with Crippen LogP contribution in [0.15, 0.2) is 36.4 Å². The molecule has 2 aromatic rings. The van der Waals surface area contributed by atoms with Crippen LogP contribution in [0, 0.1) is 10.1 Å². The van der Waals surface area contributed by atoms with Gasteiger partial charge in [-0.3, -0.25) is 14.9 Å². The molecule has 158 valence electrons. The van der Waals surface area contributed by atoms with Gasteiger partial charge in [-0.25, -0.2) is 4.79 Å². The summed E-state index contributed by atoms with van der Waals surface area (Å²) in [4.78, 5) is 34.9. The molecule has 0 radical (unpaired) electrons. The van der Waals surface area contributed by atoms with Crippen LogP contribution in [0.5, 0.6) is 17.2 Å². The maximum atomic E-state index is 12.4. The normalized spacial score (nSPS) is 13.8. The smallest absolute Gasteiger partial charge is 0.339 e. The van der Waals surface area contributed by atoms with Gasteiger partial charge < -0.3 is 19.5 Å². The molecule has 0 spiro atoms. The molecule has 10 heteroatoms. The van der Waals surface area contributed by atoms with Crippen LogP contribution in [0.2, 0.25) is 5.02 Å². The van der Waals surface area contributed by atoms with Crippen molar-refractivity contribution in [2.45, 2.75) is 31.9 Å². The number of methoxy groups -OCH3 is 1. The number of nitro groups is 1. The molecule has 0 aliphatic heterocycles. The van der Waals surface area contributed by atoms with Gasteiger partial charge in [0.25, 0.3) is 5.91 Å². The molecule has 1 unspecified atom stereocenters. The van der Waals surface area contributed by atoms with Crippen LogP contribution < -0.4 is 14.8 Å². The molecule has 1 aliphatic rings. The van der Waals surface area contributed by atoms with E-state index in [2.05, 4.69) is 5.32 Å². The first-order chi connectivity index (χ1) is 14.3. The second-order valence-electron chi connectivity index (χ2n) is 6.67. The summed E-state index contributed by atoms with van der Waals surface area (Å²) in [5.41, 5.74) is -0.181. The SMILES string of the molecule is COc1cc(C(=O)OC(C)C(=O)NC2CC2)ccc1Oc1ccc(Cl)cc1[N+](=O)[O-]. The van der Waals surface area contributed by atoms with E-state index in [1.165, 1.54) is 50.4 Å². The average molecular weight is 435 g/mol. The number of esters is 1. The zero-order chi connectivity index (χ0) is 21.8. The highest BCUT2D eigenvalue weighted by Crippen LogP contribution is 2.38. The van der Waals surface area contributed by atoms with Gasteiger partial charge in [0.2, 0.25) is 5.75 Å². The van der Waals surface area contributed by atoms with Crippen molar-refractivity contribution in [1.29, 1.82) is 0 Å². The van der Waals surface area contributed by atoms with E-state index in [-0.39, 0.29) is 45.5 Å². The summed E-state index contributed by atoms with van der Waals surface area (Å²) < 4.78 is 16.0. The maximum absolute atomic E-state index is 12.4. The molecule has 0 saturated heterocycles. The molecule has 0 bridgehead atoms. The van der Waals surface area contributed by atoms with Gasteiger partial charge in [-0.1, -0.05) is 11.6 Å². The summed E-state index contributed by atoms with van der Waals surface area (Å²) in [5, 5.41) is 14.2. The van der Waals surface area contributed by atoms with Gasteiger partial charge >= 0.3 is 11.7 Å². The van der Waals surface area contributed by atoms with E-state index in [1.54, 1.807) is 0 Å². The lowest BCUT2D eigenvalue weighted by Gasteiger charge is -2.15. The minimum atomic E-state index is -0.947. The van der Waals surface area contributed by atoms with Crippen molar-refractivity contribution in [3.8, 4) is 17.2 Å². The van der Waals surface area contributed by atoms with E-state index in [1.807, 2.05) is 0 Å². The average Bonchev–Trinajstić information content (AvgIpc) is 3.53. The Labute approximate surface area is 177 Å². The Hall–Kier alpha value is -3.33. The van der Waals surface area contributed by atoms with Crippen LogP contribution in [-0.4, -0.2) is 36.1 Å². The van der Waals surface area contributed by atoms with Gasteiger partial charge in [0, 0.05) is 17.1 Å². The fraction of sp³-hybridized carbons (Fsp3) is 0.300. The first kappa shape index (κ1) is 21.4. The molecule has 1 aliphatic carbocycles. The molecule has 0 aromatic heterocycles. The number of hydrogen-bond acceptors (Lipinski definition) is 7. The summed E-state index contributed by atoms with van der Waals surface area (Å²) >= 11 is 5.81. The Morgan fingerprint density at radius 2 is 1.87 bits per heavy atom. The van der Waals surface area contributed by atoms with Crippen molar-refractivity contribution < 1.29 is 28.7 Å². The molecular weight excluding hydrogens is 416 g/mol. The molecule has 0 heterocycles. The zero-order valence-corrected chi connectivity index (χ0v) is 17.0. The van der Waals surface area contributed by atoms with Crippen LogP contribution in [0.1, 0.15) is 30.1 Å². The first-order valence-corrected chi connectivity index (χ1v) is 9.47. The lowest BCUT2D eigenvalue weighted by Crippen LogP contribution is -2.37. The van der Waals surface area contributed by atoms with Crippen LogP contribution in [-0.2, 0) is 9.53 Å². The molecule has 1 N–H and O–H groups in total. The van der Waals surface area contributed by atoms with Gasteiger partial charge in [0.05, 0.1) is 17.6 Å². The number of carbonyl (C=O) groups is 2. The summed E-state index contributed by atoms with van der Waals surface area (Å²) in [6, 6.07) is 8.34. The fourth-order valence-corrected chi connectivity index (χ4v) is 2.71. The second-order valence-corrected chi connectivity index (χ2v) is 7.10. The van der Waals surface area contributed by atoms with Crippen molar-refractivity contribution in [1.82, 2.24) is 5.32 Å². The molecular formula is C20H19ClN2O7. The minimum absolute atomic E-state index is 0.0385. The van der Waals surface area contributed by atoms with Gasteiger partial charge in [0.1, 0.15) is 0 Å². The third-order valence-electron chi connectivity index (χ3n) is 4.31. The summed E-state index contributed by atoms with van der Waals surface area (Å²) in [7, 11) is 1.36. The van der Waals surface area contributed by atoms with Crippen molar-refractivity contribution >= 4 is 29.2 Å². The topological polar surface area (TPSA) is 117 Å². The van der Waals surface area contributed by atoms with Crippen LogP contribution in [0.4, 0.5) is 5.69 Å². The number of carbonyl (C=O) groups excluding carboxylic acids is 2. The molecule has 1 saturated carbocycles. The van der Waals surface area contributed by atoms with Gasteiger partial charge in [-0.15, -0.1) is 0 Å². The number of ether oxygens (including phenoxy) is 3. The van der Waals surface area contributed by atoms with E-state index in [0.29, 0.717) is 0 Å². The fourth-order valence-electron chi connectivity index (χ4n) is 2.55. The van der Waals surface area contributed by atoms with E-state index in [4.69, 9.17) is 25.8 Å². The van der Waals surface area contributed by atoms with Crippen molar-refractivity contribution in [3.63, 3.8) is 0 Å². The predicted molar refractivity (Wildman–Crippen MR) is 107 cm³/mol. The Morgan fingerprint density at radius 3 is 2.50 bits per heavy atom. The van der Waals surface area contributed by atoms with Crippen LogP contribution in [0.25, 0.3) is 0 Å². The molecule has 1 amide bonds. The van der Waals surface area contributed by atoms with Gasteiger partial charge in [0.15, 0.2) is 17.6 Å². The third kappa shape index (κ3) is 5.18. The number of nitrogens with one attached hydrogen (secondary N) is 1. The Bertz CT molecular complexity index is 991. The first-order valence-electron chi connectivity index (χ1n) is 9.09. The Morgan fingerprint density at radius 1 is 1.17 bits per heavy atom. The van der Waals surface area contributed by atoms with Crippen molar-refractivity contribution in [2.75, 3.05) is 7.11 Å². The van der Waals surface area contributed by atoms with Gasteiger partial charge in [-0.2, -0.15) is 0 Å². The van der Waals surface area contributed by atoms with E-state index >= 15 is 0 Å². The number of nitro benzene ring substituents is 1. The zero-order valence-electron chi connectivity index (χ0n) is 16.2. The lowest BCUT2D eigenvalue weighted by atomic mass is 10.2. The number of amides is 1.